The van der Waals surface area contributed by atoms with E-state index in [-0.39, 0.29) is 0 Å². The summed E-state index contributed by atoms with van der Waals surface area (Å²) in [5, 5.41) is 5.42. The minimum atomic E-state index is 0.830. The van der Waals surface area contributed by atoms with Crippen LogP contribution in [-0.4, -0.2) is 4.98 Å². The smallest absolute Gasteiger partial charge is 0.143 e. The second kappa shape index (κ2) is 14.0. The number of hydrogen-bond acceptors (Lipinski definition) is 5. The highest BCUT2D eigenvalue weighted by atomic mass is 32.1. The molecule has 0 saturated carbocycles. The number of thiazole rings is 1. The number of para-hydroxylation sites is 4. The van der Waals surface area contributed by atoms with Crippen LogP contribution in [0.3, 0.4) is 0 Å². The molecule has 3 aromatic heterocycles. The van der Waals surface area contributed by atoms with Crippen molar-refractivity contribution in [1.82, 2.24) is 4.98 Å². The molecule has 0 radical (unpaired) electrons. The molecule has 0 bridgehead atoms. The fourth-order valence-electron chi connectivity index (χ4n) is 8.77. The van der Waals surface area contributed by atoms with Crippen LogP contribution in [0.4, 0.5) is 17.1 Å². The van der Waals surface area contributed by atoms with E-state index in [1.54, 1.807) is 11.3 Å². The van der Waals surface area contributed by atoms with E-state index in [0.29, 0.717) is 0 Å². The number of nitrogens with zero attached hydrogens (tertiary/aromatic N) is 2. The molecule has 0 unspecified atom stereocenters. The Morgan fingerprint density at radius 3 is 1.77 bits per heavy atom. The number of anilines is 3. The normalized spacial score (nSPS) is 11.7. The van der Waals surface area contributed by atoms with Crippen molar-refractivity contribution in [2.45, 2.75) is 0 Å². The maximum atomic E-state index is 6.59. The Hall–Kier alpha value is -7.73. The molecule has 9 aromatic carbocycles. The zero-order valence-electron chi connectivity index (χ0n) is 32.2. The van der Waals surface area contributed by atoms with Crippen LogP contribution in [0.5, 0.6) is 0 Å². The Bertz CT molecular complexity index is 3530. The molecule has 12 rings (SSSR count). The van der Waals surface area contributed by atoms with E-state index in [2.05, 4.69) is 187 Å². The van der Waals surface area contributed by atoms with Crippen molar-refractivity contribution in [2.24, 2.45) is 0 Å². The van der Waals surface area contributed by atoms with Gasteiger partial charge in [-0.05, 0) is 70.8 Å². The summed E-state index contributed by atoms with van der Waals surface area (Å²) in [6.45, 7) is 0. The molecule has 0 fully saturated rings. The van der Waals surface area contributed by atoms with E-state index in [9.17, 15) is 0 Å². The van der Waals surface area contributed by atoms with E-state index >= 15 is 0 Å². The van der Waals surface area contributed by atoms with Gasteiger partial charge >= 0.3 is 0 Å². The first-order chi connectivity index (χ1) is 29.7. The third-order valence-electron chi connectivity index (χ3n) is 11.5. The second-order valence-corrected chi connectivity index (χ2v) is 16.0. The lowest BCUT2D eigenvalue weighted by Gasteiger charge is -2.27. The lowest BCUT2D eigenvalue weighted by Crippen LogP contribution is -2.10. The molecule has 282 valence electrons. The highest BCUT2D eigenvalue weighted by Crippen LogP contribution is 2.49. The maximum Gasteiger partial charge on any atom is 0.143 e. The Labute approximate surface area is 349 Å². The van der Waals surface area contributed by atoms with Gasteiger partial charge in [-0.15, -0.1) is 11.3 Å². The zero-order valence-corrected chi connectivity index (χ0v) is 33.1. The van der Waals surface area contributed by atoms with Gasteiger partial charge in [0, 0.05) is 61.4 Å². The van der Waals surface area contributed by atoms with Crippen LogP contribution in [0.2, 0.25) is 0 Å². The average molecular weight is 787 g/mol. The number of benzene rings is 9. The fourth-order valence-corrected chi connectivity index (χ4v) is 9.88. The molecule has 0 aliphatic heterocycles. The van der Waals surface area contributed by atoms with E-state index in [1.165, 1.54) is 0 Å². The van der Waals surface area contributed by atoms with Crippen molar-refractivity contribution in [3.05, 3.63) is 206 Å². The maximum absolute atomic E-state index is 6.59. The molecule has 3 heterocycles. The van der Waals surface area contributed by atoms with Gasteiger partial charge in [0.25, 0.3) is 0 Å². The van der Waals surface area contributed by atoms with Crippen LogP contribution in [0, 0.1) is 0 Å². The van der Waals surface area contributed by atoms with Gasteiger partial charge in [0.15, 0.2) is 0 Å². The first-order valence-electron chi connectivity index (χ1n) is 20.1. The van der Waals surface area contributed by atoms with Gasteiger partial charge in [0.2, 0.25) is 0 Å². The minimum Gasteiger partial charge on any atom is -0.456 e. The Kier molecular flexibility index (Phi) is 8.00. The van der Waals surface area contributed by atoms with Crippen LogP contribution in [0.25, 0.3) is 98.0 Å². The molecule has 0 spiro atoms. The summed E-state index contributed by atoms with van der Waals surface area (Å²) in [7, 11) is 0. The van der Waals surface area contributed by atoms with Crippen molar-refractivity contribution < 1.29 is 8.83 Å². The third-order valence-corrected chi connectivity index (χ3v) is 12.7. The molecule has 5 heteroatoms. The zero-order chi connectivity index (χ0) is 39.6. The molecule has 60 heavy (non-hydrogen) atoms. The number of hydrogen-bond donors (Lipinski definition) is 0. The molecule has 0 saturated heterocycles. The number of aromatic nitrogens is 1. The molecule has 0 atom stereocenters. The highest BCUT2D eigenvalue weighted by molar-refractivity contribution is 7.22. The fraction of sp³-hybridized carbons (Fsp3) is 0. The van der Waals surface area contributed by atoms with Gasteiger partial charge in [-0.2, -0.15) is 0 Å². The molecule has 0 N–H and O–H groups in total. The molecular formula is C55H34N2O2S. The van der Waals surface area contributed by atoms with Crippen LogP contribution < -0.4 is 4.90 Å². The van der Waals surface area contributed by atoms with Gasteiger partial charge in [0.05, 0.1) is 10.2 Å². The lowest BCUT2D eigenvalue weighted by atomic mass is 9.91. The molecule has 0 amide bonds. The average Bonchev–Trinajstić information content (AvgIpc) is 4.03. The van der Waals surface area contributed by atoms with Crippen molar-refractivity contribution in [3.8, 4) is 44.0 Å². The topological polar surface area (TPSA) is 42.4 Å². The molecule has 12 aromatic rings. The summed E-state index contributed by atoms with van der Waals surface area (Å²) in [5.74, 6) is 0. The summed E-state index contributed by atoms with van der Waals surface area (Å²) in [5.41, 5.74) is 15.4. The number of furan rings is 2. The summed E-state index contributed by atoms with van der Waals surface area (Å²) in [6.07, 6.45) is 0. The Morgan fingerprint density at radius 2 is 1.00 bits per heavy atom. The van der Waals surface area contributed by atoms with E-state index in [4.69, 9.17) is 13.8 Å². The first kappa shape index (κ1) is 34.3. The largest absolute Gasteiger partial charge is 0.456 e. The first-order valence-corrected chi connectivity index (χ1v) is 20.9. The van der Waals surface area contributed by atoms with Crippen molar-refractivity contribution in [1.29, 1.82) is 0 Å². The number of rotatable bonds is 7. The lowest BCUT2D eigenvalue weighted by molar-refractivity contribution is 0.669. The SMILES string of the molecule is c1ccc(-c2nc3cc4oc5ccccc5c4c(-c4ccc(N(c5ccccc5)c5ccc(-c6cccc7c6oc6ccccc67)cc5)cc4-c4ccccc4)c3s2)cc1. The van der Waals surface area contributed by atoms with Crippen LogP contribution in [0.15, 0.2) is 215 Å². The van der Waals surface area contributed by atoms with Crippen molar-refractivity contribution >= 4 is 82.5 Å². The van der Waals surface area contributed by atoms with Gasteiger partial charge in [0.1, 0.15) is 27.3 Å². The Balaban J connectivity index is 1.06. The van der Waals surface area contributed by atoms with Crippen molar-refractivity contribution in [2.75, 3.05) is 4.90 Å². The molecule has 0 aliphatic rings. The third kappa shape index (κ3) is 5.63. The summed E-state index contributed by atoms with van der Waals surface area (Å²) >= 11 is 1.74. The van der Waals surface area contributed by atoms with Gasteiger partial charge in [-0.3, -0.25) is 0 Å². The van der Waals surface area contributed by atoms with Crippen molar-refractivity contribution in [3.63, 3.8) is 0 Å². The summed E-state index contributed by atoms with van der Waals surface area (Å²) < 4.78 is 14.2. The van der Waals surface area contributed by atoms with Crippen LogP contribution >= 0.6 is 11.3 Å². The highest BCUT2D eigenvalue weighted by Gasteiger charge is 2.24. The van der Waals surface area contributed by atoms with Gasteiger partial charge < -0.3 is 13.7 Å². The Morgan fingerprint density at radius 1 is 0.400 bits per heavy atom. The quantitative estimate of drug-likeness (QED) is 0.161. The van der Waals surface area contributed by atoms with E-state index < -0.39 is 0 Å². The predicted octanol–water partition coefficient (Wildman–Crippen LogP) is 16.2. The van der Waals surface area contributed by atoms with Crippen LogP contribution in [-0.2, 0) is 0 Å². The van der Waals surface area contributed by atoms with E-state index in [0.717, 1.165) is 115 Å². The van der Waals surface area contributed by atoms with Crippen LogP contribution in [0.1, 0.15) is 0 Å². The predicted molar refractivity (Wildman–Crippen MR) is 251 cm³/mol. The summed E-state index contributed by atoms with van der Waals surface area (Å²) in [4.78, 5) is 7.56. The van der Waals surface area contributed by atoms with Gasteiger partial charge in [-0.25, -0.2) is 4.98 Å². The van der Waals surface area contributed by atoms with E-state index in [1.807, 2.05) is 24.3 Å². The standard InChI is InChI=1S/C55H34N2O2S/c1-4-15-35(16-5-1)46-33-40(31-32-43(46)52-51-45-22-11-13-26-49(45)58-50(51)34-47-54(52)60-55(56-47)37-17-6-2-7-18-37)57(38-19-8-3-9-20-38)39-29-27-36(28-30-39)41-23-14-24-44-42-21-10-12-25-48(42)59-53(41)44/h1-34H. The van der Waals surface area contributed by atoms with Gasteiger partial charge in [-0.1, -0.05) is 152 Å². The molecule has 0 aliphatic carbocycles. The molecule has 4 nitrogen and oxygen atoms in total. The second-order valence-electron chi connectivity index (χ2n) is 15.1. The molecular weight excluding hydrogens is 753 g/mol. The number of fused-ring (bicyclic) bond motifs is 7. The summed E-state index contributed by atoms with van der Waals surface area (Å²) in [6, 6.07) is 72.6. The monoisotopic (exact) mass is 786 g/mol. The minimum absolute atomic E-state index is 0.830.